The van der Waals surface area contributed by atoms with E-state index in [1.54, 1.807) is 0 Å². The maximum absolute atomic E-state index is 5.94. The summed E-state index contributed by atoms with van der Waals surface area (Å²) in [6.07, 6.45) is 2.55. The highest BCUT2D eigenvalue weighted by Crippen LogP contribution is 2.34. The third-order valence-electron chi connectivity index (χ3n) is 3.59. The molecule has 0 bridgehead atoms. The number of rotatable bonds is 5. The van der Waals surface area contributed by atoms with Gasteiger partial charge in [-0.05, 0) is 39.8 Å². The van der Waals surface area contributed by atoms with Gasteiger partial charge in [-0.3, -0.25) is 0 Å². The monoisotopic (exact) mass is 263 g/mol. The van der Waals surface area contributed by atoms with Crippen molar-refractivity contribution in [2.45, 2.75) is 38.8 Å². The van der Waals surface area contributed by atoms with Gasteiger partial charge in [0.2, 0.25) is 0 Å². The molecule has 0 aromatic heterocycles. The highest BCUT2D eigenvalue weighted by molar-refractivity contribution is 5.36. The van der Waals surface area contributed by atoms with Gasteiger partial charge in [-0.15, -0.1) is 0 Å². The summed E-state index contributed by atoms with van der Waals surface area (Å²) in [5, 5.41) is 3.44. The molecule has 1 saturated heterocycles. The molecule has 2 rings (SSSR count). The van der Waals surface area contributed by atoms with Crippen molar-refractivity contribution < 1.29 is 9.47 Å². The second-order valence-electron chi connectivity index (χ2n) is 5.45. The molecule has 3 heteroatoms. The van der Waals surface area contributed by atoms with Crippen LogP contribution in [-0.2, 0) is 4.74 Å². The summed E-state index contributed by atoms with van der Waals surface area (Å²) in [5.74, 6) is 1.51. The van der Waals surface area contributed by atoms with Gasteiger partial charge in [-0.2, -0.15) is 0 Å². The zero-order valence-electron chi connectivity index (χ0n) is 12.2. The summed E-state index contributed by atoms with van der Waals surface area (Å²) in [7, 11) is 2.02. The van der Waals surface area contributed by atoms with E-state index < -0.39 is 0 Å². The first-order valence-corrected chi connectivity index (χ1v) is 7.23. The molecule has 2 unspecified atom stereocenters. The van der Waals surface area contributed by atoms with E-state index in [1.165, 1.54) is 12.0 Å². The Morgan fingerprint density at radius 1 is 1.32 bits per heavy atom. The van der Waals surface area contributed by atoms with Crippen LogP contribution < -0.4 is 10.1 Å². The lowest BCUT2D eigenvalue weighted by atomic mass is 9.88. The highest BCUT2D eigenvalue weighted by atomic mass is 16.5. The van der Waals surface area contributed by atoms with E-state index in [0.29, 0.717) is 12.0 Å². The molecule has 0 saturated carbocycles. The molecular weight excluding hydrogens is 238 g/mol. The summed E-state index contributed by atoms with van der Waals surface area (Å²) >= 11 is 0. The van der Waals surface area contributed by atoms with Crippen LogP contribution in [0.2, 0.25) is 0 Å². The standard InChI is InChI=1S/C16H25NO2/c1-12(2)19-15-9-5-4-8-14(15)16(17-3)13-7-6-10-18-11-13/h4-5,8-9,12-13,16-17H,6-7,10-11H2,1-3H3. The van der Waals surface area contributed by atoms with E-state index in [9.17, 15) is 0 Å². The minimum Gasteiger partial charge on any atom is -0.491 e. The van der Waals surface area contributed by atoms with E-state index in [-0.39, 0.29) is 6.10 Å². The molecule has 1 heterocycles. The first-order valence-electron chi connectivity index (χ1n) is 7.23. The van der Waals surface area contributed by atoms with Crippen LogP contribution in [0.4, 0.5) is 0 Å². The molecule has 3 nitrogen and oxygen atoms in total. The van der Waals surface area contributed by atoms with Crippen LogP contribution in [0.5, 0.6) is 5.75 Å². The Balaban J connectivity index is 2.21. The van der Waals surface area contributed by atoms with Crippen LogP contribution in [0.15, 0.2) is 24.3 Å². The Labute approximate surface area is 116 Å². The van der Waals surface area contributed by atoms with Crippen LogP contribution in [0.1, 0.15) is 38.3 Å². The van der Waals surface area contributed by atoms with Gasteiger partial charge >= 0.3 is 0 Å². The lowest BCUT2D eigenvalue weighted by Crippen LogP contribution is -2.31. The van der Waals surface area contributed by atoms with Gasteiger partial charge in [0.15, 0.2) is 0 Å². The smallest absolute Gasteiger partial charge is 0.124 e. The minimum absolute atomic E-state index is 0.196. The molecule has 1 aromatic carbocycles. The Kier molecular flexibility index (Phi) is 5.23. The molecule has 2 atom stereocenters. The summed E-state index contributed by atoms with van der Waals surface area (Å²) in [4.78, 5) is 0. The molecule has 0 aliphatic carbocycles. The van der Waals surface area contributed by atoms with Crippen LogP contribution >= 0.6 is 0 Å². The van der Waals surface area contributed by atoms with E-state index in [1.807, 2.05) is 13.1 Å². The second-order valence-corrected chi connectivity index (χ2v) is 5.45. The van der Waals surface area contributed by atoms with Crippen LogP contribution in [0, 0.1) is 5.92 Å². The van der Waals surface area contributed by atoms with Crippen molar-refractivity contribution >= 4 is 0 Å². The number of para-hydroxylation sites is 1. The van der Waals surface area contributed by atoms with E-state index >= 15 is 0 Å². The van der Waals surface area contributed by atoms with E-state index in [4.69, 9.17) is 9.47 Å². The maximum Gasteiger partial charge on any atom is 0.124 e. The molecule has 0 amide bonds. The Hall–Kier alpha value is -1.06. The largest absolute Gasteiger partial charge is 0.491 e. The van der Waals surface area contributed by atoms with Crippen molar-refractivity contribution in [3.63, 3.8) is 0 Å². The summed E-state index contributed by atoms with van der Waals surface area (Å²) in [5.41, 5.74) is 1.24. The van der Waals surface area contributed by atoms with Gasteiger partial charge < -0.3 is 14.8 Å². The summed E-state index contributed by atoms with van der Waals surface area (Å²) in [6.45, 7) is 5.86. The molecule has 1 N–H and O–H groups in total. The molecule has 0 radical (unpaired) electrons. The SMILES string of the molecule is CNC(c1ccccc1OC(C)C)C1CCCOC1. The first-order chi connectivity index (χ1) is 9.22. The lowest BCUT2D eigenvalue weighted by Gasteiger charge is -2.31. The maximum atomic E-state index is 5.94. The predicted octanol–water partition coefficient (Wildman–Crippen LogP) is 3.16. The third-order valence-corrected chi connectivity index (χ3v) is 3.59. The van der Waals surface area contributed by atoms with Crippen LogP contribution in [0.25, 0.3) is 0 Å². The molecule has 19 heavy (non-hydrogen) atoms. The first kappa shape index (κ1) is 14.4. The van der Waals surface area contributed by atoms with Crippen molar-refractivity contribution in [2.24, 2.45) is 5.92 Å². The lowest BCUT2D eigenvalue weighted by molar-refractivity contribution is 0.0396. The van der Waals surface area contributed by atoms with Gasteiger partial charge in [-0.1, -0.05) is 18.2 Å². The fraction of sp³-hybridized carbons (Fsp3) is 0.625. The van der Waals surface area contributed by atoms with Crippen LogP contribution in [-0.4, -0.2) is 26.4 Å². The average Bonchev–Trinajstić information content (AvgIpc) is 2.42. The number of hydrogen-bond acceptors (Lipinski definition) is 3. The van der Waals surface area contributed by atoms with Gasteiger partial charge in [0.25, 0.3) is 0 Å². The van der Waals surface area contributed by atoms with E-state index in [0.717, 1.165) is 25.4 Å². The molecule has 1 aliphatic rings. The van der Waals surface area contributed by atoms with E-state index in [2.05, 4.69) is 37.4 Å². The van der Waals surface area contributed by atoms with Gasteiger partial charge in [-0.25, -0.2) is 0 Å². The zero-order chi connectivity index (χ0) is 13.7. The topological polar surface area (TPSA) is 30.5 Å². The van der Waals surface area contributed by atoms with Crippen molar-refractivity contribution in [3.8, 4) is 5.75 Å². The Morgan fingerprint density at radius 3 is 2.74 bits per heavy atom. The van der Waals surface area contributed by atoms with Gasteiger partial charge in [0.05, 0.1) is 12.7 Å². The zero-order valence-corrected chi connectivity index (χ0v) is 12.2. The number of nitrogens with one attached hydrogen (secondary N) is 1. The average molecular weight is 263 g/mol. The van der Waals surface area contributed by atoms with Crippen LogP contribution in [0.3, 0.4) is 0 Å². The number of hydrogen-bond donors (Lipinski definition) is 1. The Morgan fingerprint density at radius 2 is 2.11 bits per heavy atom. The van der Waals surface area contributed by atoms with Crippen molar-refractivity contribution in [2.75, 3.05) is 20.3 Å². The minimum atomic E-state index is 0.196. The fourth-order valence-corrected chi connectivity index (χ4v) is 2.77. The van der Waals surface area contributed by atoms with Crippen molar-refractivity contribution in [1.82, 2.24) is 5.32 Å². The molecular formula is C16H25NO2. The molecule has 1 fully saturated rings. The van der Waals surface area contributed by atoms with Crippen molar-refractivity contribution in [1.29, 1.82) is 0 Å². The quantitative estimate of drug-likeness (QED) is 0.885. The predicted molar refractivity (Wildman–Crippen MR) is 77.5 cm³/mol. The number of ether oxygens (including phenoxy) is 2. The normalized spacial score (nSPS) is 21.4. The fourth-order valence-electron chi connectivity index (χ4n) is 2.77. The third kappa shape index (κ3) is 3.71. The molecule has 1 aromatic rings. The highest BCUT2D eigenvalue weighted by Gasteiger charge is 2.26. The number of benzene rings is 1. The molecule has 0 spiro atoms. The molecule has 1 aliphatic heterocycles. The summed E-state index contributed by atoms with van der Waals surface area (Å²) < 4.78 is 11.6. The molecule has 106 valence electrons. The van der Waals surface area contributed by atoms with Gasteiger partial charge in [0, 0.05) is 24.1 Å². The van der Waals surface area contributed by atoms with Crippen molar-refractivity contribution in [3.05, 3.63) is 29.8 Å². The Bertz CT molecular complexity index is 386. The van der Waals surface area contributed by atoms with Gasteiger partial charge in [0.1, 0.15) is 5.75 Å². The summed E-state index contributed by atoms with van der Waals surface area (Å²) in [6, 6.07) is 8.63. The second kappa shape index (κ2) is 6.92.